The Bertz CT molecular complexity index is 593. The molecule has 0 aliphatic heterocycles. The van der Waals surface area contributed by atoms with Crippen molar-refractivity contribution in [3.8, 4) is 0 Å². The molecule has 4 unspecified atom stereocenters. The Morgan fingerprint density at radius 3 is 2.57 bits per heavy atom. The van der Waals surface area contributed by atoms with E-state index in [2.05, 4.69) is 15.5 Å². The summed E-state index contributed by atoms with van der Waals surface area (Å²) in [5, 5.41) is 21.7. The maximum Gasteiger partial charge on any atom is 0.311 e. The number of fused-ring (bicyclic) bond motifs is 5. The van der Waals surface area contributed by atoms with Crippen molar-refractivity contribution in [1.82, 2.24) is 20.2 Å². The summed E-state index contributed by atoms with van der Waals surface area (Å²) in [5.41, 5.74) is -0.618. The van der Waals surface area contributed by atoms with Gasteiger partial charge in [-0.1, -0.05) is 6.42 Å². The molecule has 0 amide bonds. The second-order valence-electron chi connectivity index (χ2n) is 7.65. The molecule has 4 aliphatic rings. The Kier molecular flexibility index (Phi) is 2.22. The van der Waals surface area contributed by atoms with Gasteiger partial charge in [0.1, 0.15) is 0 Å². The first-order valence-electron chi connectivity index (χ1n) is 8.19. The molecule has 21 heavy (non-hydrogen) atoms. The third kappa shape index (κ3) is 1.48. The highest BCUT2D eigenvalue weighted by atomic mass is 16.4. The van der Waals surface area contributed by atoms with Crippen LogP contribution in [0.1, 0.15) is 50.3 Å². The summed E-state index contributed by atoms with van der Waals surface area (Å²) in [6, 6.07) is 0. The molecule has 1 N–H and O–H groups in total. The Morgan fingerprint density at radius 1 is 1.29 bits per heavy atom. The zero-order valence-corrected chi connectivity index (χ0v) is 12.0. The van der Waals surface area contributed by atoms with Crippen LogP contribution in [0.5, 0.6) is 0 Å². The third-order valence-electron chi connectivity index (χ3n) is 6.81. The average molecular weight is 288 g/mol. The number of aromatic nitrogens is 4. The zero-order valence-electron chi connectivity index (χ0n) is 12.0. The molecule has 2 bridgehead atoms. The van der Waals surface area contributed by atoms with E-state index in [0.29, 0.717) is 12.5 Å². The quantitative estimate of drug-likeness (QED) is 0.911. The molecule has 0 radical (unpaired) electrons. The number of hydrogen-bond donors (Lipinski definition) is 1. The first-order chi connectivity index (χ1) is 10.2. The summed E-state index contributed by atoms with van der Waals surface area (Å²) < 4.78 is 1.82. The van der Waals surface area contributed by atoms with Crippen LogP contribution < -0.4 is 0 Å². The van der Waals surface area contributed by atoms with Gasteiger partial charge in [-0.3, -0.25) is 4.79 Å². The molecule has 6 heteroatoms. The van der Waals surface area contributed by atoms with Gasteiger partial charge < -0.3 is 5.11 Å². The van der Waals surface area contributed by atoms with E-state index in [-0.39, 0.29) is 0 Å². The number of aliphatic carboxylic acids is 1. The number of hydrogen-bond acceptors (Lipinski definition) is 4. The van der Waals surface area contributed by atoms with Gasteiger partial charge in [0.2, 0.25) is 0 Å². The van der Waals surface area contributed by atoms with Crippen LogP contribution in [0.15, 0.2) is 0 Å². The zero-order chi connectivity index (χ0) is 14.2. The van der Waals surface area contributed by atoms with Crippen LogP contribution in [0.25, 0.3) is 0 Å². The van der Waals surface area contributed by atoms with Gasteiger partial charge in [-0.25, -0.2) is 4.68 Å². The largest absolute Gasteiger partial charge is 0.481 e. The lowest BCUT2D eigenvalue weighted by Crippen LogP contribution is -2.42. The van der Waals surface area contributed by atoms with Crippen LogP contribution >= 0.6 is 0 Å². The minimum absolute atomic E-state index is 0.454. The lowest BCUT2D eigenvalue weighted by atomic mass is 9.69. The smallest absolute Gasteiger partial charge is 0.311 e. The molecule has 112 valence electrons. The van der Waals surface area contributed by atoms with Gasteiger partial charge in [-0.05, 0) is 66.2 Å². The molecule has 4 fully saturated rings. The van der Waals surface area contributed by atoms with Crippen molar-refractivity contribution in [1.29, 1.82) is 0 Å². The summed E-state index contributed by atoms with van der Waals surface area (Å²) in [6.07, 6.45) is 6.68. The van der Waals surface area contributed by atoms with Crippen LogP contribution in [0.2, 0.25) is 0 Å². The van der Waals surface area contributed by atoms with Gasteiger partial charge in [0.25, 0.3) is 0 Å². The van der Waals surface area contributed by atoms with Gasteiger partial charge in [0.15, 0.2) is 5.82 Å². The number of carbonyl (C=O) groups is 1. The van der Waals surface area contributed by atoms with Crippen LogP contribution in [-0.4, -0.2) is 31.3 Å². The first-order valence-corrected chi connectivity index (χ1v) is 8.19. The normalized spacial score (nSPS) is 41.6. The van der Waals surface area contributed by atoms with Crippen LogP contribution in [0.3, 0.4) is 0 Å². The van der Waals surface area contributed by atoms with Gasteiger partial charge in [0, 0.05) is 5.92 Å². The number of carboxylic acids is 1. The lowest BCUT2D eigenvalue weighted by Gasteiger charge is -2.37. The molecule has 4 saturated carbocycles. The summed E-state index contributed by atoms with van der Waals surface area (Å²) >= 11 is 0. The number of tetrazole rings is 1. The molecule has 0 saturated heterocycles. The number of carboxylic acid groups (broad SMARTS) is 1. The van der Waals surface area contributed by atoms with Crippen molar-refractivity contribution >= 4 is 5.97 Å². The number of rotatable bonds is 4. The van der Waals surface area contributed by atoms with E-state index in [1.54, 1.807) is 0 Å². The fourth-order valence-corrected chi connectivity index (χ4v) is 5.56. The van der Waals surface area contributed by atoms with Crippen molar-refractivity contribution in [3.05, 3.63) is 5.82 Å². The molecule has 0 aromatic carbocycles. The second kappa shape index (κ2) is 3.84. The van der Waals surface area contributed by atoms with E-state index in [4.69, 9.17) is 0 Å². The van der Waals surface area contributed by atoms with Gasteiger partial charge in [-0.2, -0.15) is 0 Å². The van der Waals surface area contributed by atoms with E-state index in [9.17, 15) is 9.90 Å². The molecule has 1 heterocycles. The molecule has 6 nitrogen and oxygen atoms in total. The molecule has 5 rings (SSSR count). The summed E-state index contributed by atoms with van der Waals surface area (Å²) in [7, 11) is 0. The van der Waals surface area contributed by atoms with Crippen molar-refractivity contribution in [2.24, 2.45) is 29.1 Å². The van der Waals surface area contributed by atoms with Crippen LogP contribution in [0, 0.1) is 29.1 Å². The number of nitrogens with zero attached hydrogens (tertiary/aromatic N) is 4. The highest BCUT2D eigenvalue weighted by Gasteiger charge is 2.67. The summed E-state index contributed by atoms with van der Waals surface area (Å²) in [5.74, 6) is 4.13. The monoisotopic (exact) mass is 288 g/mol. The van der Waals surface area contributed by atoms with Gasteiger partial charge in [0.05, 0.1) is 12.0 Å². The van der Waals surface area contributed by atoms with E-state index < -0.39 is 11.4 Å². The van der Waals surface area contributed by atoms with E-state index in [0.717, 1.165) is 48.8 Å². The summed E-state index contributed by atoms with van der Waals surface area (Å²) in [4.78, 5) is 11.6. The highest BCUT2D eigenvalue weighted by molar-refractivity contribution is 5.75. The van der Waals surface area contributed by atoms with Crippen LogP contribution in [-0.2, 0) is 11.3 Å². The Hall–Kier alpha value is -1.46. The van der Waals surface area contributed by atoms with E-state index >= 15 is 0 Å². The predicted octanol–water partition coefficient (Wildman–Crippen LogP) is 1.69. The van der Waals surface area contributed by atoms with Crippen molar-refractivity contribution in [2.45, 2.75) is 51.0 Å². The molecule has 4 aliphatic carbocycles. The Morgan fingerprint density at radius 2 is 2.00 bits per heavy atom. The maximum absolute atomic E-state index is 11.6. The molecule has 4 atom stereocenters. The minimum Gasteiger partial charge on any atom is -0.481 e. The van der Waals surface area contributed by atoms with Gasteiger partial charge in [-0.15, -0.1) is 5.10 Å². The SMILES string of the molecule is O=C(O)C1(Cn2nnnc2C2C3C4CCC(C4)C23)CCC1. The Balaban J connectivity index is 1.41. The van der Waals surface area contributed by atoms with E-state index in [1.165, 1.54) is 19.3 Å². The fourth-order valence-electron chi connectivity index (χ4n) is 5.56. The van der Waals surface area contributed by atoms with E-state index in [1.807, 2.05) is 4.68 Å². The highest BCUT2D eigenvalue weighted by Crippen LogP contribution is 2.72. The standard InChI is InChI=1S/C15H20N4O2/c20-14(21)15(4-1-5-15)7-19-13(16-17-18-19)12-10-8-2-3-9(6-8)11(10)12/h8-12H,1-7H2,(H,20,21). The summed E-state index contributed by atoms with van der Waals surface area (Å²) in [6.45, 7) is 0.454. The van der Waals surface area contributed by atoms with Crippen molar-refractivity contribution < 1.29 is 9.90 Å². The minimum atomic E-state index is -0.689. The lowest BCUT2D eigenvalue weighted by molar-refractivity contribution is -0.156. The van der Waals surface area contributed by atoms with Crippen molar-refractivity contribution in [2.75, 3.05) is 0 Å². The molecule has 1 aromatic heterocycles. The average Bonchev–Trinajstić information content (AvgIpc) is 2.83. The topological polar surface area (TPSA) is 80.9 Å². The van der Waals surface area contributed by atoms with Gasteiger partial charge >= 0.3 is 5.97 Å². The molecular weight excluding hydrogens is 268 g/mol. The fraction of sp³-hybridized carbons (Fsp3) is 0.867. The molecule has 1 aromatic rings. The molecule has 0 spiro atoms. The second-order valence-corrected chi connectivity index (χ2v) is 7.65. The van der Waals surface area contributed by atoms with Crippen molar-refractivity contribution in [3.63, 3.8) is 0 Å². The third-order valence-corrected chi connectivity index (χ3v) is 6.81. The van der Waals surface area contributed by atoms with Crippen LogP contribution in [0.4, 0.5) is 0 Å². The first kappa shape index (κ1) is 12.1. The maximum atomic E-state index is 11.6. The molecular formula is C15H20N4O2. The Labute approximate surface area is 122 Å². The predicted molar refractivity (Wildman–Crippen MR) is 72.3 cm³/mol.